The fraction of sp³-hybridized carbons (Fsp3) is 0.542. The molecule has 0 saturated carbocycles. The van der Waals surface area contributed by atoms with Crippen LogP contribution in [0.4, 0.5) is 0 Å². The van der Waals surface area contributed by atoms with Gasteiger partial charge in [0.15, 0.2) is 0 Å². The average molecular weight is 447 g/mol. The van der Waals surface area contributed by atoms with Crippen LogP contribution < -0.4 is 0 Å². The molecular formula is C24H34N2O6. The van der Waals surface area contributed by atoms with Crippen molar-refractivity contribution in [1.29, 1.82) is 0 Å². The molecule has 1 amide bonds. The summed E-state index contributed by atoms with van der Waals surface area (Å²) in [4.78, 5) is 17.0. The van der Waals surface area contributed by atoms with Crippen LogP contribution in [0.2, 0.25) is 0 Å². The first-order valence-electron chi connectivity index (χ1n) is 11.0. The highest BCUT2D eigenvalue weighted by molar-refractivity contribution is 5.94. The van der Waals surface area contributed by atoms with Gasteiger partial charge < -0.3 is 28.6 Å². The van der Waals surface area contributed by atoms with Gasteiger partial charge >= 0.3 is 0 Å². The highest BCUT2D eigenvalue weighted by Gasteiger charge is 2.26. The van der Waals surface area contributed by atoms with Crippen LogP contribution >= 0.6 is 0 Å². The Kier molecular flexibility index (Phi) is 9.70. The number of methoxy groups -OCH3 is 1. The SMILES string of the molecule is COCCN(CC1CN(CC(O)COCc2ccco2)CCO1)C(=O)c1ccc(C)cc1. The lowest BCUT2D eigenvalue weighted by atomic mass is 10.1. The topological polar surface area (TPSA) is 84.6 Å². The predicted molar refractivity (Wildman–Crippen MR) is 120 cm³/mol. The molecule has 3 rings (SSSR count). The maximum atomic E-state index is 13.0. The van der Waals surface area contributed by atoms with Gasteiger partial charge in [-0.25, -0.2) is 0 Å². The molecule has 0 radical (unpaired) electrons. The molecule has 0 spiro atoms. The molecular weight excluding hydrogens is 412 g/mol. The largest absolute Gasteiger partial charge is 0.467 e. The number of β-amino-alcohol motifs (C(OH)–C–C–N with tert-alkyl or cyclic N) is 1. The van der Waals surface area contributed by atoms with E-state index in [0.717, 1.165) is 17.9 Å². The van der Waals surface area contributed by atoms with Crippen LogP contribution in [-0.2, 0) is 20.8 Å². The van der Waals surface area contributed by atoms with Gasteiger partial charge in [0, 0.05) is 45.4 Å². The lowest BCUT2D eigenvalue weighted by Crippen LogP contribution is -2.51. The van der Waals surface area contributed by atoms with Crippen LogP contribution in [0.3, 0.4) is 0 Å². The zero-order valence-corrected chi connectivity index (χ0v) is 18.9. The molecule has 1 aromatic heterocycles. The van der Waals surface area contributed by atoms with Crippen molar-refractivity contribution in [3.05, 3.63) is 59.5 Å². The Morgan fingerprint density at radius 2 is 2.12 bits per heavy atom. The summed E-state index contributed by atoms with van der Waals surface area (Å²) >= 11 is 0. The van der Waals surface area contributed by atoms with E-state index in [2.05, 4.69) is 4.90 Å². The smallest absolute Gasteiger partial charge is 0.254 e. The molecule has 1 aliphatic heterocycles. The third kappa shape index (κ3) is 7.72. The fourth-order valence-corrected chi connectivity index (χ4v) is 3.70. The first-order valence-corrected chi connectivity index (χ1v) is 11.0. The van der Waals surface area contributed by atoms with Crippen molar-refractivity contribution in [3.8, 4) is 0 Å². The number of hydrogen-bond donors (Lipinski definition) is 1. The quantitative estimate of drug-likeness (QED) is 0.533. The van der Waals surface area contributed by atoms with Gasteiger partial charge in [0.1, 0.15) is 12.4 Å². The molecule has 1 saturated heterocycles. The van der Waals surface area contributed by atoms with E-state index in [-0.39, 0.29) is 18.6 Å². The first-order chi connectivity index (χ1) is 15.5. The van der Waals surface area contributed by atoms with E-state index in [9.17, 15) is 9.90 Å². The molecule has 8 nitrogen and oxygen atoms in total. The van der Waals surface area contributed by atoms with Gasteiger partial charge in [-0.2, -0.15) is 0 Å². The predicted octanol–water partition coefficient (Wildman–Crippen LogP) is 1.96. The van der Waals surface area contributed by atoms with Crippen LogP contribution in [-0.4, -0.2) is 92.7 Å². The maximum Gasteiger partial charge on any atom is 0.254 e. The number of benzene rings is 1. The summed E-state index contributed by atoms with van der Waals surface area (Å²) in [7, 11) is 1.63. The molecule has 1 aromatic carbocycles. The summed E-state index contributed by atoms with van der Waals surface area (Å²) in [6, 6.07) is 11.2. The molecule has 32 heavy (non-hydrogen) atoms. The zero-order chi connectivity index (χ0) is 22.8. The zero-order valence-electron chi connectivity index (χ0n) is 18.9. The molecule has 1 fully saturated rings. The Morgan fingerprint density at radius 3 is 2.84 bits per heavy atom. The summed E-state index contributed by atoms with van der Waals surface area (Å²) < 4.78 is 21.9. The lowest BCUT2D eigenvalue weighted by Gasteiger charge is -2.36. The molecule has 2 heterocycles. The third-order valence-electron chi connectivity index (χ3n) is 5.40. The van der Waals surface area contributed by atoms with Crippen LogP contribution in [0, 0.1) is 6.92 Å². The van der Waals surface area contributed by atoms with E-state index in [1.165, 1.54) is 0 Å². The van der Waals surface area contributed by atoms with E-state index >= 15 is 0 Å². The van der Waals surface area contributed by atoms with Gasteiger partial charge in [-0.1, -0.05) is 17.7 Å². The Balaban J connectivity index is 1.49. The first kappa shape index (κ1) is 24.4. The minimum atomic E-state index is -0.609. The molecule has 2 unspecified atom stereocenters. The number of morpholine rings is 1. The molecule has 1 N–H and O–H groups in total. The van der Waals surface area contributed by atoms with E-state index in [1.54, 1.807) is 18.3 Å². The van der Waals surface area contributed by atoms with E-state index < -0.39 is 6.10 Å². The number of rotatable bonds is 12. The van der Waals surface area contributed by atoms with E-state index in [4.69, 9.17) is 18.6 Å². The second-order valence-electron chi connectivity index (χ2n) is 8.11. The Hall–Kier alpha value is -2.23. The Bertz CT molecular complexity index is 795. The van der Waals surface area contributed by atoms with Gasteiger partial charge in [0.05, 0.1) is 38.3 Å². The average Bonchev–Trinajstić information content (AvgIpc) is 3.30. The van der Waals surface area contributed by atoms with Gasteiger partial charge in [0.2, 0.25) is 0 Å². The number of aryl methyl sites for hydroxylation is 1. The summed E-state index contributed by atoms with van der Waals surface area (Å²) in [5.41, 5.74) is 1.77. The number of furan rings is 1. The summed E-state index contributed by atoms with van der Waals surface area (Å²) in [5.74, 6) is 0.701. The molecule has 0 bridgehead atoms. The van der Waals surface area contributed by atoms with E-state index in [0.29, 0.717) is 51.6 Å². The Morgan fingerprint density at radius 1 is 1.31 bits per heavy atom. The molecule has 0 aliphatic carbocycles. The van der Waals surface area contributed by atoms with Crippen LogP contribution in [0.15, 0.2) is 47.1 Å². The number of amides is 1. The Labute approximate surface area is 189 Å². The number of nitrogens with zero attached hydrogens (tertiary/aromatic N) is 2. The minimum Gasteiger partial charge on any atom is -0.467 e. The monoisotopic (exact) mass is 446 g/mol. The molecule has 2 aromatic rings. The standard InChI is InChI=1S/C24H34N2O6/c1-19-5-7-20(8-6-19)24(28)26(10-12-29-2)16-23-15-25(9-13-32-23)14-21(27)17-30-18-22-4-3-11-31-22/h3-8,11,21,23,27H,9-10,12-18H2,1-2H3. The summed E-state index contributed by atoms with van der Waals surface area (Å²) in [6.07, 6.45) is 0.858. The highest BCUT2D eigenvalue weighted by atomic mass is 16.5. The number of carbonyl (C=O) groups excluding carboxylic acids is 1. The number of aliphatic hydroxyl groups excluding tert-OH is 1. The second kappa shape index (κ2) is 12.7. The number of carbonyl (C=O) groups is 1. The second-order valence-corrected chi connectivity index (χ2v) is 8.11. The van der Waals surface area contributed by atoms with Gasteiger partial charge in [0.25, 0.3) is 5.91 Å². The summed E-state index contributed by atoms with van der Waals surface area (Å²) in [5, 5.41) is 10.4. The van der Waals surface area contributed by atoms with Crippen molar-refractivity contribution < 1.29 is 28.5 Å². The van der Waals surface area contributed by atoms with Crippen molar-refractivity contribution in [3.63, 3.8) is 0 Å². The molecule has 1 aliphatic rings. The summed E-state index contributed by atoms with van der Waals surface area (Å²) in [6.45, 7) is 6.40. The van der Waals surface area contributed by atoms with Crippen molar-refractivity contribution in [2.24, 2.45) is 0 Å². The number of ether oxygens (including phenoxy) is 3. The molecule has 176 valence electrons. The van der Waals surface area contributed by atoms with Crippen molar-refractivity contribution in [2.45, 2.75) is 25.7 Å². The fourth-order valence-electron chi connectivity index (χ4n) is 3.70. The molecule has 2 atom stereocenters. The third-order valence-corrected chi connectivity index (χ3v) is 5.40. The van der Waals surface area contributed by atoms with Crippen molar-refractivity contribution >= 4 is 5.91 Å². The number of aliphatic hydroxyl groups is 1. The van der Waals surface area contributed by atoms with Gasteiger partial charge in [-0.3, -0.25) is 9.69 Å². The highest BCUT2D eigenvalue weighted by Crippen LogP contribution is 2.12. The van der Waals surface area contributed by atoms with Crippen LogP contribution in [0.25, 0.3) is 0 Å². The maximum absolute atomic E-state index is 13.0. The lowest BCUT2D eigenvalue weighted by molar-refractivity contribution is -0.0611. The molecule has 8 heteroatoms. The van der Waals surface area contributed by atoms with Crippen LogP contribution in [0.1, 0.15) is 21.7 Å². The van der Waals surface area contributed by atoms with Crippen molar-refractivity contribution in [2.75, 3.05) is 59.7 Å². The van der Waals surface area contributed by atoms with E-state index in [1.807, 2.05) is 43.3 Å². The minimum absolute atomic E-state index is 0.0332. The van der Waals surface area contributed by atoms with Crippen LogP contribution in [0.5, 0.6) is 0 Å². The number of hydrogen-bond acceptors (Lipinski definition) is 7. The van der Waals surface area contributed by atoms with Crippen molar-refractivity contribution in [1.82, 2.24) is 9.80 Å². The van der Waals surface area contributed by atoms with Gasteiger partial charge in [-0.15, -0.1) is 0 Å². The normalized spacial score (nSPS) is 17.9. The van der Waals surface area contributed by atoms with Gasteiger partial charge in [-0.05, 0) is 31.2 Å².